The SMILES string of the molecule is CC(C)OCCSCCCCCCCCCCCCCCCC(C)(C)C. The molecule has 0 radical (unpaired) electrons. The molecule has 0 bridgehead atoms. The van der Waals surface area contributed by atoms with Crippen LogP contribution in [0.5, 0.6) is 0 Å². The molecule has 0 saturated carbocycles. The molecule has 0 atom stereocenters. The van der Waals surface area contributed by atoms with Crippen LogP contribution in [0.4, 0.5) is 0 Å². The third-order valence-electron chi connectivity index (χ3n) is 4.89. The van der Waals surface area contributed by atoms with E-state index in [-0.39, 0.29) is 0 Å². The molecule has 0 heterocycles. The zero-order chi connectivity index (χ0) is 19.5. The van der Waals surface area contributed by atoms with Crippen LogP contribution in [0.2, 0.25) is 0 Å². The minimum Gasteiger partial charge on any atom is -0.378 e. The molecule has 0 rings (SSSR count). The molecule has 0 spiro atoms. The highest BCUT2D eigenvalue weighted by Crippen LogP contribution is 2.22. The summed E-state index contributed by atoms with van der Waals surface area (Å²) >= 11 is 2.06. The lowest BCUT2D eigenvalue weighted by Gasteiger charge is -2.17. The fourth-order valence-electron chi connectivity index (χ4n) is 3.25. The van der Waals surface area contributed by atoms with Gasteiger partial charge in [-0.1, -0.05) is 97.8 Å². The summed E-state index contributed by atoms with van der Waals surface area (Å²) in [6.45, 7) is 12.2. The van der Waals surface area contributed by atoms with Crippen molar-refractivity contribution in [3.05, 3.63) is 0 Å². The van der Waals surface area contributed by atoms with Crippen molar-refractivity contribution >= 4 is 11.8 Å². The quantitative estimate of drug-likeness (QED) is 0.205. The smallest absolute Gasteiger partial charge is 0.0560 e. The summed E-state index contributed by atoms with van der Waals surface area (Å²) in [5, 5.41) is 0. The number of hydrogen-bond acceptors (Lipinski definition) is 2. The zero-order valence-electron chi connectivity index (χ0n) is 18.9. The van der Waals surface area contributed by atoms with Gasteiger partial charge < -0.3 is 4.74 Å². The number of hydrogen-bond donors (Lipinski definition) is 0. The molecule has 0 aliphatic carbocycles. The third-order valence-corrected chi connectivity index (χ3v) is 5.93. The van der Waals surface area contributed by atoms with Crippen LogP contribution < -0.4 is 0 Å². The van der Waals surface area contributed by atoms with Crippen LogP contribution in [-0.4, -0.2) is 24.2 Å². The average Bonchev–Trinajstić information content (AvgIpc) is 2.55. The molecule has 26 heavy (non-hydrogen) atoms. The Labute approximate surface area is 170 Å². The van der Waals surface area contributed by atoms with Gasteiger partial charge in [-0.2, -0.15) is 11.8 Å². The Morgan fingerprint density at radius 2 is 1.04 bits per heavy atom. The first kappa shape index (κ1) is 26.3. The van der Waals surface area contributed by atoms with E-state index in [1.807, 2.05) is 0 Å². The van der Waals surface area contributed by atoms with Crippen LogP contribution in [0.1, 0.15) is 125 Å². The second-order valence-electron chi connectivity index (χ2n) is 9.44. The molecule has 0 N–H and O–H groups in total. The summed E-state index contributed by atoms with van der Waals surface area (Å²) in [6, 6.07) is 0. The molecule has 0 amide bonds. The van der Waals surface area contributed by atoms with Gasteiger partial charge in [-0.3, -0.25) is 0 Å². The van der Waals surface area contributed by atoms with Crippen molar-refractivity contribution in [2.75, 3.05) is 18.1 Å². The fraction of sp³-hybridized carbons (Fsp3) is 1.00. The minimum atomic E-state index is 0.383. The Bertz CT molecular complexity index is 270. The maximum Gasteiger partial charge on any atom is 0.0560 e. The van der Waals surface area contributed by atoms with Crippen LogP contribution in [0.25, 0.3) is 0 Å². The lowest BCUT2D eigenvalue weighted by atomic mass is 9.89. The topological polar surface area (TPSA) is 9.23 Å². The Morgan fingerprint density at radius 3 is 1.46 bits per heavy atom. The Balaban J connectivity index is 3.03. The molecule has 0 aliphatic rings. The number of unbranched alkanes of at least 4 members (excludes halogenated alkanes) is 12. The van der Waals surface area contributed by atoms with Crippen molar-refractivity contribution in [2.24, 2.45) is 5.41 Å². The van der Waals surface area contributed by atoms with Crippen LogP contribution in [-0.2, 0) is 4.74 Å². The monoisotopic (exact) mass is 386 g/mol. The summed E-state index contributed by atoms with van der Waals surface area (Å²) < 4.78 is 5.56. The van der Waals surface area contributed by atoms with E-state index in [1.54, 1.807) is 0 Å². The van der Waals surface area contributed by atoms with E-state index in [2.05, 4.69) is 46.4 Å². The lowest BCUT2D eigenvalue weighted by Crippen LogP contribution is -2.05. The summed E-state index contributed by atoms with van der Waals surface area (Å²) in [5.41, 5.74) is 0.529. The standard InChI is InChI=1S/C24H50OS/c1-23(2)25-20-22-26-21-18-16-14-12-10-8-6-7-9-11-13-15-17-19-24(3,4)5/h23H,6-22H2,1-5H3. The molecule has 0 fully saturated rings. The van der Waals surface area contributed by atoms with Crippen molar-refractivity contribution in [3.8, 4) is 0 Å². The summed E-state index contributed by atoms with van der Waals surface area (Å²) in [4.78, 5) is 0. The molecule has 2 heteroatoms. The van der Waals surface area contributed by atoms with E-state index < -0.39 is 0 Å². The highest BCUT2D eigenvalue weighted by Gasteiger charge is 2.08. The maximum atomic E-state index is 5.56. The average molecular weight is 387 g/mol. The lowest BCUT2D eigenvalue weighted by molar-refractivity contribution is 0.0920. The molecular formula is C24H50OS. The minimum absolute atomic E-state index is 0.383. The van der Waals surface area contributed by atoms with E-state index in [0.29, 0.717) is 11.5 Å². The molecule has 158 valence electrons. The zero-order valence-corrected chi connectivity index (χ0v) is 19.7. The fourth-order valence-corrected chi connectivity index (χ4v) is 4.08. The molecule has 0 aromatic carbocycles. The molecule has 0 aliphatic heterocycles. The first-order valence-electron chi connectivity index (χ1n) is 11.6. The summed E-state index contributed by atoms with van der Waals surface area (Å²) in [6.07, 6.45) is 20.6. The van der Waals surface area contributed by atoms with Crippen molar-refractivity contribution < 1.29 is 4.74 Å². The van der Waals surface area contributed by atoms with Gasteiger partial charge in [0.25, 0.3) is 0 Å². The van der Waals surface area contributed by atoms with E-state index in [0.717, 1.165) is 12.4 Å². The van der Waals surface area contributed by atoms with Gasteiger partial charge in [-0.25, -0.2) is 0 Å². The molecule has 1 nitrogen and oxygen atoms in total. The van der Waals surface area contributed by atoms with Gasteiger partial charge in [0.2, 0.25) is 0 Å². The predicted octanol–water partition coefficient (Wildman–Crippen LogP) is 8.65. The molecule has 0 aromatic heterocycles. The highest BCUT2D eigenvalue weighted by atomic mass is 32.2. The van der Waals surface area contributed by atoms with Crippen LogP contribution in [0.3, 0.4) is 0 Å². The Hall–Kier alpha value is 0.310. The highest BCUT2D eigenvalue weighted by molar-refractivity contribution is 7.99. The predicted molar refractivity (Wildman–Crippen MR) is 123 cm³/mol. The van der Waals surface area contributed by atoms with E-state index in [1.165, 1.54) is 95.6 Å². The summed E-state index contributed by atoms with van der Waals surface area (Å²) in [5.74, 6) is 2.48. The molecule has 0 saturated heterocycles. The number of thioether (sulfide) groups is 1. The van der Waals surface area contributed by atoms with Crippen LogP contribution in [0.15, 0.2) is 0 Å². The van der Waals surface area contributed by atoms with Gasteiger partial charge in [0, 0.05) is 5.75 Å². The van der Waals surface area contributed by atoms with E-state index >= 15 is 0 Å². The molecule has 0 unspecified atom stereocenters. The second kappa shape index (κ2) is 18.7. The van der Waals surface area contributed by atoms with Crippen LogP contribution >= 0.6 is 11.8 Å². The van der Waals surface area contributed by atoms with Gasteiger partial charge in [0.15, 0.2) is 0 Å². The van der Waals surface area contributed by atoms with Gasteiger partial charge >= 0.3 is 0 Å². The first-order valence-corrected chi connectivity index (χ1v) is 12.8. The normalized spacial score (nSPS) is 12.2. The molecular weight excluding hydrogens is 336 g/mol. The number of rotatable bonds is 19. The number of ether oxygens (including phenoxy) is 1. The van der Waals surface area contributed by atoms with Crippen molar-refractivity contribution in [1.29, 1.82) is 0 Å². The van der Waals surface area contributed by atoms with Crippen molar-refractivity contribution in [1.82, 2.24) is 0 Å². The van der Waals surface area contributed by atoms with Gasteiger partial charge in [0.05, 0.1) is 12.7 Å². The van der Waals surface area contributed by atoms with Gasteiger partial charge in [-0.05, 0) is 37.9 Å². The second-order valence-corrected chi connectivity index (χ2v) is 10.7. The van der Waals surface area contributed by atoms with E-state index in [4.69, 9.17) is 4.74 Å². The Kier molecular flexibility index (Phi) is 18.9. The third kappa shape index (κ3) is 24.3. The van der Waals surface area contributed by atoms with Gasteiger partial charge in [0.1, 0.15) is 0 Å². The largest absolute Gasteiger partial charge is 0.378 e. The Morgan fingerprint density at radius 1 is 0.615 bits per heavy atom. The maximum absolute atomic E-state index is 5.56. The van der Waals surface area contributed by atoms with E-state index in [9.17, 15) is 0 Å². The van der Waals surface area contributed by atoms with Crippen molar-refractivity contribution in [3.63, 3.8) is 0 Å². The van der Waals surface area contributed by atoms with Crippen LogP contribution in [0, 0.1) is 5.41 Å². The van der Waals surface area contributed by atoms with Gasteiger partial charge in [-0.15, -0.1) is 0 Å². The molecule has 0 aromatic rings. The van der Waals surface area contributed by atoms with Crippen molar-refractivity contribution in [2.45, 2.75) is 131 Å². The summed E-state index contributed by atoms with van der Waals surface area (Å²) in [7, 11) is 0. The first-order chi connectivity index (χ1) is 12.4.